The van der Waals surface area contributed by atoms with E-state index in [2.05, 4.69) is 0 Å². The van der Waals surface area contributed by atoms with E-state index in [1.165, 1.54) is 0 Å². The highest BCUT2D eigenvalue weighted by Gasteiger charge is 2.24. The fourth-order valence-electron chi connectivity index (χ4n) is 2.29. The lowest BCUT2D eigenvalue weighted by atomic mass is 10.1. The predicted molar refractivity (Wildman–Crippen MR) is 82.7 cm³/mol. The molecule has 110 valence electrons. The van der Waals surface area contributed by atoms with Gasteiger partial charge in [0.15, 0.2) is 0 Å². The number of ether oxygens (including phenoxy) is 1. The lowest BCUT2D eigenvalue weighted by Crippen LogP contribution is -2.41. The van der Waals surface area contributed by atoms with E-state index >= 15 is 0 Å². The van der Waals surface area contributed by atoms with Gasteiger partial charge in [-0.25, -0.2) is 4.79 Å². The second-order valence-corrected chi connectivity index (χ2v) is 6.32. The minimum absolute atomic E-state index is 0.202. The number of likely N-dealkylation sites (tertiary alicyclic amines) is 1. The average Bonchev–Trinajstić information content (AvgIpc) is 2.52. The Morgan fingerprint density at radius 2 is 2.20 bits per heavy atom. The molecular formula is C15H22N2O2S. The van der Waals surface area contributed by atoms with E-state index in [0.717, 1.165) is 37.2 Å². The number of piperidine rings is 1. The van der Waals surface area contributed by atoms with Gasteiger partial charge in [-0.1, -0.05) is 30.3 Å². The third kappa shape index (κ3) is 4.72. The number of hydrogen-bond acceptors (Lipinski definition) is 4. The largest absolute Gasteiger partial charge is 0.445 e. The molecule has 2 rings (SSSR count). The monoisotopic (exact) mass is 294 g/mol. The Bertz CT molecular complexity index is 414. The number of carbonyl (C=O) groups is 1. The molecule has 1 atom stereocenters. The molecule has 1 amide bonds. The molecule has 5 heteroatoms. The zero-order valence-electron chi connectivity index (χ0n) is 11.7. The Labute approximate surface area is 124 Å². The van der Waals surface area contributed by atoms with E-state index in [1.54, 1.807) is 0 Å². The molecule has 1 heterocycles. The normalized spacial score (nSPS) is 18.9. The minimum atomic E-state index is -0.202. The van der Waals surface area contributed by atoms with E-state index in [0.29, 0.717) is 18.4 Å². The number of amides is 1. The molecule has 1 aromatic carbocycles. The van der Waals surface area contributed by atoms with Crippen LogP contribution in [-0.4, -0.2) is 41.6 Å². The van der Waals surface area contributed by atoms with Gasteiger partial charge in [0.2, 0.25) is 0 Å². The molecule has 1 aliphatic rings. The summed E-state index contributed by atoms with van der Waals surface area (Å²) in [6.45, 7) is 2.61. The standard InChI is InChI=1S/C15H22N2O2S/c16-8-10-20-14-7-4-9-17(11-14)15(18)19-12-13-5-2-1-3-6-13/h1-3,5-6,14H,4,7-12,16H2. The number of rotatable bonds is 5. The molecular weight excluding hydrogens is 272 g/mol. The van der Waals surface area contributed by atoms with Crippen molar-refractivity contribution in [2.45, 2.75) is 24.7 Å². The molecule has 1 saturated heterocycles. The first kappa shape index (κ1) is 15.2. The maximum absolute atomic E-state index is 12.1. The molecule has 20 heavy (non-hydrogen) atoms. The van der Waals surface area contributed by atoms with Gasteiger partial charge in [-0.05, 0) is 18.4 Å². The van der Waals surface area contributed by atoms with Crippen LogP contribution in [0.2, 0.25) is 0 Å². The van der Waals surface area contributed by atoms with Crippen LogP contribution < -0.4 is 5.73 Å². The van der Waals surface area contributed by atoms with Gasteiger partial charge in [0.1, 0.15) is 6.61 Å². The second kappa shape index (κ2) is 8.17. The molecule has 2 N–H and O–H groups in total. The lowest BCUT2D eigenvalue weighted by molar-refractivity contribution is 0.0903. The number of hydrogen-bond donors (Lipinski definition) is 1. The summed E-state index contributed by atoms with van der Waals surface area (Å²) in [4.78, 5) is 13.9. The summed E-state index contributed by atoms with van der Waals surface area (Å²) in [6.07, 6.45) is 2.00. The first-order chi connectivity index (χ1) is 9.79. The summed E-state index contributed by atoms with van der Waals surface area (Å²) in [5.41, 5.74) is 6.55. The predicted octanol–water partition coefficient (Wildman–Crippen LogP) is 2.48. The van der Waals surface area contributed by atoms with Crippen molar-refractivity contribution in [2.75, 3.05) is 25.4 Å². The van der Waals surface area contributed by atoms with Crippen LogP contribution in [-0.2, 0) is 11.3 Å². The zero-order valence-corrected chi connectivity index (χ0v) is 12.5. The van der Waals surface area contributed by atoms with Gasteiger partial charge in [0.25, 0.3) is 0 Å². The summed E-state index contributed by atoms with van der Waals surface area (Å²) in [7, 11) is 0. The third-order valence-corrected chi connectivity index (χ3v) is 4.64. The van der Waals surface area contributed by atoms with E-state index in [1.807, 2.05) is 47.0 Å². The van der Waals surface area contributed by atoms with Crippen LogP contribution in [0.4, 0.5) is 4.79 Å². The van der Waals surface area contributed by atoms with Crippen molar-refractivity contribution >= 4 is 17.9 Å². The number of nitrogens with two attached hydrogens (primary N) is 1. The van der Waals surface area contributed by atoms with Gasteiger partial charge in [-0.3, -0.25) is 0 Å². The Hall–Kier alpha value is -1.20. The molecule has 4 nitrogen and oxygen atoms in total. The van der Waals surface area contributed by atoms with Crippen molar-refractivity contribution in [3.63, 3.8) is 0 Å². The second-order valence-electron chi connectivity index (χ2n) is 4.91. The molecule has 0 bridgehead atoms. The zero-order chi connectivity index (χ0) is 14.2. The highest BCUT2D eigenvalue weighted by Crippen LogP contribution is 2.22. The Morgan fingerprint density at radius 3 is 2.95 bits per heavy atom. The SMILES string of the molecule is NCCSC1CCCN(C(=O)OCc2ccccc2)C1. The van der Waals surface area contributed by atoms with Gasteiger partial charge >= 0.3 is 6.09 Å². The van der Waals surface area contributed by atoms with Crippen molar-refractivity contribution in [1.82, 2.24) is 4.90 Å². The summed E-state index contributed by atoms with van der Waals surface area (Å²) >= 11 is 1.86. The first-order valence-electron chi connectivity index (χ1n) is 7.07. The summed E-state index contributed by atoms with van der Waals surface area (Å²) in [6, 6.07) is 9.77. The van der Waals surface area contributed by atoms with Crippen molar-refractivity contribution in [3.05, 3.63) is 35.9 Å². The molecule has 0 aromatic heterocycles. The van der Waals surface area contributed by atoms with Crippen molar-refractivity contribution in [2.24, 2.45) is 5.73 Å². The van der Waals surface area contributed by atoms with E-state index < -0.39 is 0 Å². The number of carbonyl (C=O) groups excluding carboxylic acids is 1. The van der Waals surface area contributed by atoms with E-state index in [4.69, 9.17) is 10.5 Å². The van der Waals surface area contributed by atoms with Gasteiger partial charge in [0.05, 0.1) is 0 Å². The molecule has 0 spiro atoms. The highest BCUT2D eigenvalue weighted by atomic mass is 32.2. The lowest BCUT2D eigenvalue weighted by Gasteiger charge is -2.31. The maximum Gasteiger partial charge on any atom is 0.410 e. The topological polar surface area (TPSA) is 55.6 Å². The van der Waals surface area contributed by atoms with E-state index in [-0.39, 0.29) is 6.09 Å². The Kier molecular flexibility index (Phi) is 6.21. The van der Waals surface area contributed by atoms with Crippen LogP contribution in [0, 0.1) is 0 Å². The van der Waals surface area contributed by atoms with E-state index in [9.17, 15) is 4.79 Å². The van der Waals surface area contributed by atoms with Crippen molar-refractivity contribution in [3.8, 4) is 0 Å². The molecule has 1 aliphatic heterocycles. The molecule has 1 unspecified atom stereocenters. The van der Waals surface area contributed by atoms with Crippen LogP contribution >= 0.6 is 11.8 Å². The minimum Gasteiger partial charge on any atom is -0.445 e. The van der Waals surface area contributed by atoms with Crippen LogP contribution in [0.25, 0.3) is 0 Å². The summed E-state index contributed by atoms with van der Waals surface area (Å²) in [5, 5.41) is 0.497. The van der Waals surface area contributed by atoms with Gasteiger partial charge in [0, 0.05) is 30.6 Å². The maximum atomic E-state index is 12.1. The quantitative estimate of drug-likeness (QED) is 0.906. The van der Waals surface area contributed by atoms with Gasteiger partial charge in [-0.15, -0.1) is 0 Å². The van der Waals surface area contributed by atoms with Gasteiger partial charge < -0.3 is 15.4 Å². The van der Waals surface area contributed by atoms with Gasteiger partial charge in [-0.2, -0.15) is 11.8 Å². The molecule has 1 aromatic rings. The summed E-state index contributed by atoms with van der Waals surface area (Å²) in [5.74, 6) is 0.956. The fourth-order valence-corrected chi connectivity index (χ4v) is 3.37. The first-order valence-corrected chi connectivity index (χ1v) is 8.12. The third-order valence-electron chi connectivity index (χ3n) is 3.31. The number of nitrogens with zero attached hydrogens (tertiary/aromatic N) is 1. The fraction of sp³-hybridized carbons (Fsp3) is 0.533. The van der Waals surface area contributed by atoms with Crippen LogP contribution in [0.5, 0.6) is 0 Å². The molecule has 1 fully saturated rings. The number of benzene rings is 1. The number of thioether (sulfide) groups is 1. The van der Waals surface area contributed by atoms with Crippen LogP contribution in [0.1, 0.15) is 18.4 Å². The smallest absolute Gasteiger partial charge is 0.410 e. The molecule has 0 saturated carbocycles. The highest BCUT2D eigenvalue weighted by molar-refractivity contribution is 7.99. The molecule has 0 aliphatic carbocycles. The average molecular weight is 294 g/mol. The Morgan fingerprint density at radius 1 is 1.40 bits per heavy atom. The van der Waals surface area contributed by atoms with Crippen molar-refractivity contribution in [1.29, 1.82) is 0 Å². The Balaban J connectivity index is 1.77. The van der Waals surface area contributed by atoms with Crippen LogP contribution in [0.15, 0.2) is 30.3 Å². The van der Waals surface area contributed by atoms with Crippen molar-refractivity contribution < 1.29 is 9.53 Å². The summed E-state index contributed by atoms with van der Waals surface area (Å²) < 4.78 is 5.37. The molecule has 0 radical (unpaired) electrons. The van der Waals surface area contributed by atoms with Crippen LogP contribution in [0.3, 0.4) is 0 Å².